The lowest BCUT2D eigenvalue weighted by Crippen LogP contribution is -2.37. The average Bonchev–Trinajstić information content (AvgIpc) is 2.63. The fourth-order valence-electron chi connectivity index (χ4n) is 2.83. The quantitative estimate of drug-likeness (QED) is 0.423. The highest BCUT2D eigenvalue weighted by Gasteiger charge is 2.10. The maximum atomic E-state index is 11.0. The minimum Gasteiger partial charge on any atom is -0.469 e. The largest absolute Gasteiger partial charge is 0.469 e. The second-order valence-corrected chi connectivity index (χ2v) is 6.49. The minimum atomic E-state index is -0.144. The third kappa shape index (κ3) is 6.02. The number of carbonyl (C=O) groups excluding carboxylic acids is 1. The van der Waals surface area contributed by atoms with Gasteiger partial charge in [-0.15, -0.1) is 0 Å². The molecule has 2 rings (SSSR count). The van der Waals surface area contributed by atoms with Crippen molar-refractivity contribution in [3.63, 3.8) is 0 Å². The van der Waals surface area contributed by atoms with Gasteiger partial charge in [0.05, 0.1) is 13.2 Å². The van der Waals surface area contributed by atoms with Gasteiger partial charge in [0.15, 0.2) is 5.11 Å². The lowest BCUT2D eigenvalue weighted by Gasteiger charge is -2.19. The van der Waals surface area contributed by atoms with Crippen molar-refractivity contribution in [3.8, 4) is 0 Å². The molecule has 2 N–H and O–H groups in total. The molecule has 0 amide bonds. The minimum absolute atomic E-state index is 0.130. The Morgan fingerprint density at radius 3 is 2.68 bits per heavy atom. The molecule has 0 heterocycles. The summed E-state index contributed by atoms with van der Waals surface area (Å²) >= 11 is 5.39. The molecular formula is C20H26N2O2S. The summed E-state index contributed by atoms with van der Waals surface area (Å²) in [7, 11) is 1.42. The second-order valence-electron chi connectivity index (χ2n) is 6.08. The van der Waals surface area contributed by atoms with Crippen molar-refractivity contribution < 1.29 is 9.53 Å². The Morgan fingerprint density at radius 2 is 1.88 bits per heavy atom. The molecule has 4 nitrogen and oxygen atoms in total. The van der Waals surface area contributed by atoms with Crippen molar-refractivity contribution in [3.05, 3.63) is 48.0 Å². The Labute approximate surface area is 154 Å². The molecule has 0 unspecified atom stereocenters. The highest BCUT2D eigenvalue weighted by Crippen LogP contribution is 2.23. The molecule has 25 heavy (non-hydrogen) atoms. The summed E-state index contributed by atoms with van der Waals surface area (Å²) in [5.41, 5.74) is 1.24. The van der Waals surface area contributed by atoms with Crippen molar-refractivity contribution in [2.24, 2.45) is 0 Å². The van der Waals surface area contributed by atoms with E-state index in [2.05, 4.69) is 64.8 Å². The predicted molar refractivity (Wildman–Crippen MR) is 107 cm³/mol. The Hall–Kier alpha value is -2.14. The zero-order valence-corrected chi connectivity index (χ0v) is 15.7. The van der Waals surface area contributed by atoms with Crippen molar-refractivity contribution in [2.45, 2.75) is 38.6 Å². The average molecular weight is 359 g/mol. The van der Waals surface area contributed by atoms with Gasteiger partial charge in [0, 0.05) is 13.0 Å². The van der Waals surface area contributed by atoms with Crippen LogP contribution in [0.2, 0.25) is 0 Å². The number of hydrogen-bond donors (Lipinski definition) is 2. The summed E-state index contributed by atoms with van der Waals surface area (Å²) < 4.78 is 4.63. The van der Waals surface area contributed by atoms with Crippen LogP contribution in [0.25, 0.3) is 10.8 Å². The third-order valence-electron chi connectivity index (χ3n) is 4.21. The molecule has 0 saturated carbocycles. The van der Waals surface area contributed by atoms with Gasteiger partial charge in [-0.1, -0.05) is 48.9 Å². The van der Waals surface area contributed by atoms with Crippen LogP contribution in [0.3, 0.4) is 0 Å². The van der Waals surface area contributed by atoms with Crippen LogP contribution in [0.5, 0.6) is 0 Å². The summed E-state index contributed by atoms with van der Waals surface area (Å²) in [5, 5.41) is 9.73. The van der Waals surface area contributed by atoms with Crippen molar-refractivity contribution in [1.82, 2.24) is 10.6 Å². The molecule has 134 valence electrons. The molecular weight excluding hydrogens is 332 g/mol. The SMILES string of the molecule is COC(=O)CCCCCNC(=S)N[C@H](C)c1cccc2ccccc12. The normalized spacial score (nSPS) is 11.8. The second kappa shape index (κ2) is 9.99. The molecule has 2 aromatic carbocycles. The van der Waals surface area contributed by atoms with Gasteiger partial charge < -0.3 is 15.4 Å². The lowest BCUT2D eigenvalue weighted by molar-refractivity contribution is -0.140. The number of hydrogen-bond acceptors (Lipinski definition) is 3. The number of carbonyl (C=O) groups is 1. The molecule has 0 aromatic heterocycles. The number of thiocarbonyl (C=S) groups is 1. The molecule has 0 fully saturated rings. The first-order valence-corrected chi connectivity index (χ1v) is 9.11. The smallest absolute Gasteiger partial charge is 0.305 e. The first kappa shape index (κ1) is 19.2. The summed E-state index contributed by atoms with van der Waals surface area (Å²) in [6.07, 6.45) is 3.28. The van der Waals surface area contributed by atoms with E-state index in [1.54, 1.807) is 0 Å². The highest BCUT2D eigenvalue weighted by molar-refractivity contribution is 7.80. The number of ether oxygens (including phenoxy) is 1. The molecule has 0 saturated heterocycles. The molecule has 0 bridgehead atoms. The van der Waals surface area contributed by atoms with E-state index in [1.807, 2.05) is 0 Å². The first-order valence-electron chi connectivity index (χ1n) is 8.70. The topological polar surface area (TPSA) is 50.4 Å². The summed E-state index contributed by atoms with van der Waals surface area (Å²) in [6.45, 7) is 2.92. The Kier molecular flexibility index (Phi) is 7.67. The van der Waals surface area contributed by atoms with Gasteiger partial charge in [-0.05, 0) is 48.3 Å². The van der Waals surface area contributed by atoms with Crippen LogP contribution in [0.1, 0.15) is 44.2 Å². The summed E-state index contributed by atoms with van der Waals surface area (Å²) in [6, 6.07) is 14.8. The molecule has 0 radical (unpaired) electrons. The molecule has 0 aliphatic carbocycles. The third-order valence-corrected chi connectivity index (χ3v) is 4.47. The molecule has 5 heteroatoms. The van der Waals surface area contributed by atoms with E-state index in [-0.39, 0.29) is 12.0 Å². The Bertz CT molecular complexity index is 712. The molecule has 0 spiro atoms. The van der Waals surface area contributed by atoms with Gasteiger partial charge >= 0.3 is 5.97 Å². The molecule has 0 aliphatic heterocycles. The summed E-state index contributed by atoms with van der Waals surface area (Å²) in [5.74, 6) is -0.144. The lowest BCUT2D eigenvalue weighted by atomic mass is 10.00. The van der Waals surface area contributed by atoms with Crippen LogP contribution in [-0.2, 0) is 9.53 Å². The van der Waals surface area contributed by atoms with E-state index in [9.17, 15) is 4.79 Å². The molecule has 2 aromatic rings. The number of rotatable bonds is 8. The van der Waals surface area contributed by atoms with E-state index < -0.39 is 0 Å². The number of fused-ring (bicyclic) bond motifs is 1. The fraction of sp³-hybridized carbons (Fsp3) is 0.400. The molecule has 1 atom stereocenters. The van der Waals surface area contributed by atoms with Gasteiger partial charge in [-0.25, -0.2) is 0 Å². The van der Waals surface area contributed by atoms with Crippen LogP contribution >= 0.6 is 12.2 Å². The summed E-state index contributed by atoms with van der Waals surface area (Å²) in [4.78, 5) is 11.0. The van der Waals surface area contributed by atoms with Gasteiger partial charge in [-0.2, -0.15) is 0 Å². The van der Waals surface area contributed by atoms with Gasteiger partial charge in [0.1, 0.15) is 0 Å². The van der Waals surface area contributed by atoms with Crippen LogP contribution in [0.15, 0.2) is 42.5 Å². The van der Waals surface area contributed by atoms with E-state index in [0.717, 1.165) is 25.8 Å². The van der Waals surface area contributed by atoms with Crippen LogP contribution in [0, 0.1) is 0 Å². The highest BCUT2D eigenvalue weighted by atomic mass is 32.1. The fourth-order valence-corrected chi connectivity index (χ4v) is 3.11. The number of unbranched alkanes of at least 4 members (excludes halogenated alkanes) is 2. The zero-order valence-electron chi connectivity index (χ0n) is 14.9. The van der Waals surface area contributed by atoms with Gasteiger partial charge in [0.2, 0.25) is 0 Å². The maximum Gasteiger partial charge on any atom is 0.305 e. The monoisotopic (exact) mass is 358 g/mol. The van der Waals surface area contributed by atoms with Crippen molar-refractivity contribution >= 4 is 34.1 Å². The van der Waals surface area contributed by atoms with Gasteiger partial charge in [-0.3, -0.25) is 4.79 Å². The first-order chi connectivity index (χ1) is 12.1. The van der Waals surface area contributed by atoms with E-state index in [4.69, 9.17) is 12.2 Å². The number of nitrogens with one attached hydrogen (secondary N) is 2. The van der Waals surface area contributed by atoms with Crippen LogP contribution < -0.4 is 10.6 Å². The van der Waals surface area contributed by atoms with E-state index in [1.165, 1.54) is 23.4 Å². The van der Waals surface area contributed by atoms with Gasteiger partial charge in [0.25, 0.3) is 0 Å². The zero-order chi connectivity index (χ0) is 18.1. The van der Waals surface area contributed by atoms with Crippen molar-refractivity contribution in [2.75, 3.05) is 13.7 Å². The molecule has 0 aliphatic rings. The van der Waals surface area contributed by atoms with E-state index >= 15 is 0 Å². The van der Waals surface area contributed by atoms with Crippen molar-refractivity contribution in [1.29, 1.82) is 0 Å². The van der Waals surface area contributed by atoms with Crippen LogP contribution in [0.4, 0.5) is 0 Å². The number of esters is 1. The predicted octanol–water partition coefficient (Wildman–Crippen LogP) is 4.10. The number of methoxy groups -OCH3 is 1. The number of benzene rings is 2. The Morgan fingerprint density at radius 1 is 1.12 bits per heavy atom. The standard InChI is InChI=1S/C20H26N2O2S/c1-15(17-12-8-10-16-9-5-6-11-18(16)17)22-20(25)21-14-7-3-4-13-19(23)24-2/h5-6,8-12,15H,3-4,7,13-14H2,1-2H3,(H2,21,22,25)/t15-/m1/s1. The van der Waals surface area contributed by atoms with Crippen LogP contribution in [-0.4, -0.2) is 24.7 Å². The maximum absolute atomic E-state index is 11.0. The Balaban J connectivity index is 1.75. The van der Waals surface area contributed by atoms with E-state index in [0.29, 0.717) is 11.5 Å².